The van der Waals surface area contributed by atoms with Crippen LogP contribution in [0.15, 0.2) is 12.1 Å². The molecule has 3 rings (SSSR count). The molecule has 2 aliphatic heterocycles. The molecule has 114 valence electrons. The molecule has 2 aliphatic rings. The minimum Gasteiger partial charge on any atom is -0.465 e. The molecule has 0 bridgehead atoms. The zero-order chi connectivity index (χ0) is 15.2. The van der Waals surface area contributed by atoms with Crippen LogP contribution in [0.25, 0.3) is 0 Å². The van der Waals surface area contributed by atoms with Gasteiger partial charge in [-0.1, -0.05) is 0 Å². The predicted octanol–water partition coefficient (Wildman–Crippen LogP) is 1.61. The van der Waals surface area contributed by atoms with Crippen LogP contribution in [0.4, 0.5) is 5.82 Å². The number of hydrogen-bond donors (Lipinski definition) is 1. The van der Waals surface area contributed by atoms with Crippen LogP contribution in [0.3, 0.4) is 0 Å². The highest BCUT2D eigenvalue weighted by Gasteiger charge is 2.49. The quantitative estimate of drug-likeness (QED) is 0.838. The van der Waals surface area contributed by atoms with Gasteiger partial charge in [-0.2, -0.15) is 0 Å². The normalized spacial score (nSPS) is 26.8. The number of aromatic nitrogens is 1. The summed E-state index contributed by atoms with van der Waals surface area (Å²) >= 11 is 0. The number of anilines is 1. The van der Waals surface area contributed by atoms with Crippen molar-refractivity contribution in [1.29, 1.82) is 0 Å². The Morgan fingerprint density at radius 2 is 2.19 bits per heavy atom. The topological polar surface area (TPSA) is 54.5 Å². The summed E-state index contributed by atoms with van der Waals surface area (Å²) in [6.45, 7) is 9.62. The van der Waals surface area contributed by atoms with E-state index in [1.54, 1.807) is 0 Å². The summed E-state index contributed by atoms with van der Waals surface area (Å²) in [7, 11) is 1.40. The van der Waals surface area contributed by atoms with Gasteiger partial charge in [-0.25, -0.2) is 9.78 Å². The van der Waals surface area contributed by atoms with Crippen LogP contribution in [-0.2, 0) is 4.74 Å². The Morgan fingerprint density at radius 3 is 2.81 bits per heavy atom. The van der Waals surface area contributed by atoms with Crippen molar-refractivity contribution in [3.63, 3.8) is 0 Å². The van der Waals surface area contributed by atoms with Crippen molar-refractivity contribution >= 4 is 11.8 Å². The summed E-state index contributed by atoms with van der Waals surface area (Å²) < 4.78 is 4.78. The lowest BCUT2D eigenvalue weighted by atomic mass is 9.85. The average molecular weight is 289 g/mol. The molecule has 2 fully saturated rings. The number of nitrogens with one attached hydrogen (secondary N) is 1. The van der Waals surface area contributed by atoms with E-state index in [2.05, 4.69) is 29.0 Å². The first kappa shape index (κ1) is 14.3. The van der Waals surface area contributed by atoms with Crippen LogP contribution >= 0.6 is 0 Å². The summed E-state index contributed by atoms with van der Waals surface area (Å²) in [6, 6.07) is 3.77. The van der Waals surface area contributed by atoms with E-state index < -0.39 is 0 Å². The maximum Gasteiger partial charge on any atom is 0.339 e. The lowest BCUT2D eigenvalue weighted by molar-refractivity contribution is 0.0599. The lowest BCUT2D eigenvalue weighted by Crippen LogP contribution is -2.45. The van der Waals surface area contributed by atoms with Crippen molar-refractivity contribution < 1.29 is 9.53 Å². The number of carbonyl (C=O) groups excluding carboxylic acids is 1. The number of fused-ring (bicyclic) bond motifs is 1. The molecule has 0 radical (unpaired) electrons. The molecule has 1 N–H and O–H groups in total. The maximum absolute atomic E-state index is 11.7. The van der Waals surface area contributed by atoms with Gasteiger partial charge in [0.15, 0.2) is 0 Å². The third-order valence-electron chi connectivity index (χ3n) is 5.11. The van der Waals surface area contributed by atoms with Crippen molar-refractivity contribution in [2.24, 2.45) is 11.8 Å². The molecule has 5 heteroatoms. The third kappa shape index (κ3) is 2.20. The van der Waals surface area contributed by atoms with E-state index in [9.17, 15) is 4.79 Å². The second kappa shape index (κ2) is 4.98. The fourth-order valence-electron chi connectivity index (χ4n) is 3.83. The van der Waals surface area contributed by atoms with Crippen LogP contribution in [0.2, 0.25) is 0 Å². The summed E-state index contributed by atoms with van der Waals surface area (Å²) in [4.78, 5) is 18.7. The fourth-order valence-corrected chi connectivity index (χ4v) is 3.83. The first-order valence-electron chi connectivity index (χ1n) is 7.49. The third-order valence-corrected chi connectivity index (χ3v) is 5.11. The Balaban J connectivity index is 1.91. The maximum atomic E-state index is 11.7. The highest BCUT2D eigenvalue weighted by molar-refractivity contribution is 5.90. The smallest absolute Gasteiger partial charge is 0.339 e. The van der Waals surface area contributed by atoms with Gasteiger partial charge in [-0.15, -0.1) is 0 Å². The summed E-state index contributed by atoms with van der Waals surface area (Å²) in [5.41, 5.74) is 1.35. The highest BCUT2D eigenvalue weighted by Crippen LogP contribution is 2.42. The van der Waals surface area contributed by atoms with Crippen molar-refractivity contribution in [2.45, 2.75) is 26.3 Å². The van der Waals surface area contributed by atoms with Gasteiger partial charge in [-0.3, -0.25) is 0 Å². The molecule has 0 amide bonds. The monoisotopic (exact) mass is 289 g/mol. The molecular weight excluding hydrogens is 266 g/mol. The average Bonchev–Trinajstić information content (AvgIpc) is 3.00. The number of methoxy groups -OCH3 is 1. The number of pyridine rings is 1. The lowest BCUT2D eigenvalue weighted by Gasteiger charge is -2.36. The van der Waals surface area contributed by atoms with E-state index >= 15 is 0 Å². The summed E-state index contributed by atoms with van der Waals surface area (Å²) in [6.07, 6.45) is 0. The number of esters is 1. The van der Waals surface area contributed by atoms with Gasteiger partial charge in [0, 0.05) is 25.2 Å². The number of carbonyl (C=O) groups is 1. The van der Waals surface area contributed by atoms with Crippen LogP contribution in [0.5, 0.6) is 0 Å². The van der Waals surface area contributed by atoms with Gasteiger partial charge in [0.05, 0.1) is 18.4 Å². The van der Waals surface area contributed by atoms with E-state index in [1.807, 2.05) is 19.1 Å². The van der Waals surface area contributed by atoms with Gasteiger partial charge in [0.2, 0.25) is 0 Å². The van der Waals surface area contributed by atoms with E-state index in [-0.39, 0.29) is 11.5 Å². The zero-order valence-corrected chi connectivity index (χ0v) is 13.1. The number of ether oxygens (including phenoxy) is 1. The van der Waals surface area contributed by atoms with E-state index in [1.165, 1.54) is 7.11 Å². The first-order chi connectivity index (χ1) is 9.95. The molecule has 0 aromatic carbocycles. The van der Waals surface area contributed by atoms with Gasteiger partial charge in [0.25, 0.3) is 0 Å². The Labute approximate surface area is 125 Å². The summed E-state index contributed by atoms with van der Waals surface area (Å²) in [5, 5.41) is 3.49. The molecule has 5 nitrogen and oxygen atoms in total. The number of rotatable bonds is 2. The Hall–Kier alpha value is -1.62. The van der Waals surface area contributed by atoms with Gasteiger partial charge >= 0.3 is 5.97 Å². The first-order valence-corrected chi connectivity index (χ1v) is 7.49. The molecule has 0 saturated carbocycles. The minimum absolute atomic E-state index is 0.0837. The van der Waals surface area contributed by atoms with Crippen LogP contribution in [0.1, 0.15) is 29.9 Å². The second-order valence-corrected chi connectivity index (χ2v) is 6.58. The van der Waals surface area contributed by atoms with Crippen molar-refractivity contribution in [3.05, 3.63) is 23.4 Å². The second-order valence-electron chi connectivity index (χ2n) is 6.58. The molecule has 3 heterocycles. The largest absolute Gasteiger partial charge is 0.465 e. The summed E-state index contributed by atoms with van der Waals surface area (Å²) in [5.74, 6) is 1.97. The number of nitrogens with zero attached hydrogens (tertiary/aromatic N) is 2. The molecule has 2 unspecified atom stereocenters. The molecule has 0 spiro atoms. The predicted molar refractivity (Wildman–Crippen MR) is 81.6 cm³/mol. The van der Waals surface area contributed by atoms with Gasteiger partial charge in [-0.05, 0) is 44.7 Å². The Kier molecular flexibility index (Phi) is 3.40. The SMILES string of the molecule is COC(=O)c1ccc(N2CC3CNCC3C2(C)C)nc1C. The van der Waals surface area contributed by atoms with Gasteiger partial charge < -0.3 is 15.0 Å². The van der Waals surface area contributed by atoms with Gasteiger partial charge in [0.1, 0.15) is 5.82 Å². The van der Waals surface area contributed by atoms with Crippen molar-refractivity contribution in [1.82, 2.24) is 10.3 Å². The molecule has 2 atom stereocenters. The zero-order valence-electron chi connectivity index (χ0n) is 13.1. The van der Waals surface area contributed by atoms with Crippen molar-refractivity contribution in [3.8, 4) is 0 Å². The fraction of sp³-hybridized carbons (Fsp3) is 0.625. The minimum atomic E-state index is -0.326. The molecule has 2 saturated heterocycles. The van der Waals surface area contributed by atoms with Crippen LogP contribution in [0, 0.1) is 18.8 Å². The van der Waals surface area contributed by atoms with Crippen LogP contribution < -0.4 is 10.2 Å². The van der Waals surface area contributed by atoms with Crippen molar-refractivity contribution in [2.75, 3.05) is 31.6 Å². The van der Waals surface area contributed by atoms with E-state index in [0.29, 0.717) is 17.4 Å². The molecule has 1 aromatic heterocycles. The number of aryl methyl sites for hydroxylation is 1. The van der Waals surface area contributed by atoms with Crippen LogP contribution in [-0.4, -0.2) is 43.2 Å². The molecular formula is C16H23N3O2. The molecule has 0 aliphatic carbocycles. The Morgan fingerprint density at radius 1 is 1.43 bits per heavy atom. The molecule has 1 aromatic rings. The highest BCUT2D eigenvalue weighted by atomic mass is 16.5. The van der Waals surface area contributed by atoms with E-state index in [0.717, 1.165) is 31.1 Å². The number of hydrogen-bond acceptors (Lipinski definition) is 5. The van der Waals surface area contributed by atoms with E-state index in [4.69, 9.17) is 4.74 Å². The standard InChI is InChI=1S/C16H23N3O2/c1-10-12(15(20)21-4)5-6-14(18-10)19-9-11-7-17-8-13(11)16(19,2)3/h5-6,11,13,17H,7-9H2,1-4H3. The molecule has 21 heavy (non-hydrogen) atoms. The Bertz CT molecular complexity index is 571.